The summed E-state index contributed by atoms with van der Waals surface area (Å²) in [6, 6.07) is 16.6. The molecule has 1 heterocycles. The zero-order chi connectivity index (χ0) is 16.8. The van der Waals surface area contributed by atoms with Gasteiger partial charge in [0.2, 0.25) is 0 Å². The lowest BCUT2D eigenvalue weighted by molar-refractivity contribution is 0.200. The highest BCUT2D eigenvalue weighted by molar-refractivity contribution is 7.99. The molecule has 1 N–H and O–H groups in total. The maximum Gasteiger partial charge on any atom is 0.317 e. The Morgan fingerprint density at radius 3 is 2.62 bits per heavy atom. The predicted octanol–water partition coefficient (Wildman–Crippen LogP) is 4.22. The van der Waals surface area contributed by atoms with Crippen molar-refractivity contribution in [3.8, 4) is 0 Å². The van der Waals surface area contributed by atoms with Gasteiger partial charge in [-0.25, -0.2) is 9.18 Å². The van der Waals surface area contributed by atoms with Gasteiger partial charge in [0.1, 0.15) is 5.82 Å². The lowest BCUT2D eigenvalue weighted by Crippen LogP contribution is -2.40. The first-order valence-electron chi connectivity index (χ1n) is 8.16. The van der Waals surface area contributed by atoms with Crippen LogP contribution in [-0.4, -0.2) is 29.8 Å². The van der Waals surface area contributed by atoms with Crippen molar-refractivity contribution in [2.45, 2.75) is 18.2 Å². The van der Waals surface area contributed by atoms with E-state index in [4.69, 9.17) is 0 Å². The third-order valence-corrected chi connectivity index (χ3v) is 5.49. The maximum absolute atomic E-state index is 12.9. The van der Waals surface area contributed by atoms with Gasteiger partial charge < -0.3 is 10.2 Å². The molecule has 0 bridgehead atoms. The van der Waals surface area contributed by atoms with Crippen molar-refractivity contribution in [1.29, 1.82) is 0 Å². The van der Waals surface area contributed by atoms with Crippen LogP contribution in [0.2, 0.25) is 0 Å². The van der Waals surface area contributed by atoms with Gasteiger partial charge in [-0.1, -0.05) is 42.5 Å². The Balaban J connectivity index is 1.52. The van der Waals surface area contributed by atoms with E-state index in [0.29, 0.717) is 11.8 Å². The van der Waals surface area contributed by atoms with Crippen molar-refractivity contribution in [3.05, 3.63) is 71.5 Å². The molecule has 3 nitrogen and oxygen atoms in total. The average Bonchev–Trinajstić information content (AvgIpc) is 2.88. The first-order valence-corrected chi connectivity index (χ1v) is 9.21. The summed E-state index contributed by atoms with van der Waals surface area (Å²) >= 11 is 1.91. The molecule has 0 saturated carbocycles. The molecule has 0 aliphatic carbocycles. The van der Waals surface area contributed by atoms with E-state index in [-0.39, 0.29) is 11.8 Å². The van der Waals surface area contributed by atoms with Gasteiger partial charge in [-0.2, -0.15) is 11.8 Å². The minimum atomic E-state index is -0.262. The van der Waals surface area contributed by atoms with E-state index in [1.807, 2.05) is 22.7 Å². The lowest BCUT2D eigenvalue weighted by atomic mass is 10.1. The van der Waals surface area contributed by atoms with E-state index in [2.05, 4.69) is 29.6 Å². The van der Waals surface area contributed by atoms with Crippen LogP contribution >= 0.6 is 11.8 Å². The van der Waals surface area contributed by atoms with Crippen molar-refractivity contribution in [2.24, 2.45) is 0 Å². The highest BCUT2D eigenvalue weighted by atomic mass is 32.2. The fourth-order valence-electron chi connectivity index (χ4n) is 2.80. The maximum atomic E-state index is 12.9. The number of nitrogens with zero attached hydrogens (tertiary/aromatic N) is 1. The third-order valence-electron chi connectivity index (χ3n) is 4.16. The Labute approximate surface area is 146 Å². The molecule has 1 aliphatic rings. The molecular formula is C19H21FN2OS. The molecule has 0 spiro atoms. The summed E-state index contributed by atoms with van der Waals surface area (Å²) < 4.78 is 12.9. The lowest BCUT2D eigenvalue weighted by Gasteiger charge is -2.21. The molecule has 126 valence electrons. The summed E-state index contributed by atoms with van der Waals surface area (Å²) in [5, 5.41) is 3.37. The topological polar surface area (TPSA) is 32.3 Å². The summed E-state index contributed by atoms with van der Waals surface area (Å²) in [6.45, 7) is 1.93. The monoisotopic (exact) mass is 344 g/mol. The smallest absolute Gasteiger partial charge is 0.317 e. The second kappa shape index (κ2) is 8.20. The van der Waals surface area contributed by atoms with Crippen molar-refractivity contribution >= 4 is 17.8 Å². The normalized spacial score (nSPS) is 18.0. The van der Waals surface area contributed by atoms with Crippen LogP contribution in [0, 0.1) is 5.82 Å². The van der Waals surface area contributed by atoms with Gasteiger partial charge in [0.25, 0.3) is 0 Å². The van der Waals surface area contributed by atoms with E-state index in [1.54, 1.807) is 12.1 Å². The van der Waals surface area contributed by atoms with Gasteiger partial charge in [0, 0.05) is 30.6 Å². The Morgan fingerprint density at radius 1 is 1.12 bits per heavy atom. The number of amides is 2. The summed E-state index contributed by atoms with van der Waals surface area (Å²) in [7, 11) is 0. The molecule has 2 aromatic rings. The third kappa shape index (κ3) is 4.51. The fourth-order valence-corrected chi connectivity index (χ4v) is 4.03. The van der Waals surface area contributed by atoms with Gasteiger partial charge in [-0.15, -0.1) is 0 Å². The van der Waals surface area contributed by atoms with Gasteiger partial charge in [-0.3, -0.25) is 0 Å². The van der Waals surface area contributed by atoms with Gasteiger partial charge in [-0.05, 0) is 29.7 Å². The van der Waals surface area contributed by atoms with Crippen LogP contribution in [0.15, 0.2) is 54.6 Å². The van der Waals surface area contributed by atoms with Crippen LogP contribution in [0.5, 0.6) is 0 Å². The van der Waals surface area contributed by atoms with Crippen molar-refractivity contribution in [2.75, 3.05) is 18.8 Å². The number of benzene rings is 2. The van der Waals surface area contributed by atoms with Crippen LogP contribution < -0.4 is 5.32 Å². The van der Waals surface area contributed by atoms with Gasteiger partial charge >= 0.3 is 6.03 Å². The minimum Gasteiger partial charge on any atom is -0.334 e. The molecule has 5 heteroatoms. The first kappa shape index (κ1) is 16.8. The molecule has 3 rings (SSSR count). The predicted molar refractivity (Wildman–Crippen MR) is 96.5 cm³/mol. The largest absolute Gasteiger partial charge is 0.334 e. The number of carbonyl (C=O) groups is 1. The van der Waals surface area contributed by atoms with Crippen molar-refractivity contribution in [3.63, 3.8) is 0 Å². The minimum absolute atomic E-state index is 0.0476. The fraction of sp³-hybridized carbons (Fsp3) is 0.316. The Bertz CT molecular complexity index is 663. The molecule has 0 aromatic heterocycles. The highest BCUT2D eigenvalue weighted by Gasteiger charge is 2.21. The molecule has 1 aliphatic heterocycles. The zero-order valence-electron chi connectivity index (χ0n) is 13.5. The summed E-state index contributed by atoms with van der Waals surface area (Å²) in [6.07, 6.45) is 0.957. The van der Waals surface area contributed by atoms with Crippen LogP contribution in [0.1, 0.15) is 22.8 Å². The molecule has 2 amide bonds. The Hall–Kier alpha value is -2.01. The van der Waals surface area contributed by atoms with Gasteiger partial charge in [0.05, 0.1) is 0 Å². The van der Waals surface area contributed by atoms with E-state index < -0.39 is 0 Å². The number of thioether (sulfide) groups is 1. The van der Waals surface area contributed by atoms with Crippen molar-refractivity contribution in [1.82, 2.24) is 10.2 Å². The van der Waals surface area contributed by atoms with Crippen LogP contribution in [0.3, 0.4) is 0 Å². The zero-order valence-corrected chi connectivity index (χ0v) is 14.3. The number of halogens is 1. The molecule has 1 fully saturated rings. The number of rotatable bonds is 3. The molecule has 24 heavy (non-hydrogen) atoms. The van der Waals surface area contributed by atoms with Gasteiger partial charge in [0.15, 0.2) is 0 Å². The molecular weight excluding hydrogens is 323 g/mol. The number of carbonyl (C=O) groups excluding carboxylic acids is 1. The number of hydrogen-bond acceptors (Lipinski definition) is 2. The van der Waals surface area contributed by atoms with Crippen LogP contribution in [0.4, 0.5) is 9.18 Å². The second-order valence-electron chi connectivity index (χ2n) is 5.83. The summed E-state index contributed by atoms with van der Waals surface area (Å²) in [5.74, 6) is 0.672. The quantitative estimate of drug-likeness (QED) is 0.904. The Kier molecular flexibility index (Phi) is 5.75. The van der Waals surface area contributed by atoms with Crippen molar-refractivity contribution < 1.29 is 9.18 Å². The standard InChI is InChI=1S/C19H21FN2OS/c20-17-8-6-15(7-9-17)14-21-19(23)22-11-10-18(24-13-12-22)16-4-2-1-3-5-16/h1-9,18H,10-14H2,(H,21,23)/t18-/m0/s1. The second-order valence-corrected chi connectivity index (χ2v) is 7.14. The number of nitrogens with one attached hydrogen (secondary N) is 1. The number of hydrogen-bond donors (Lipinski definition) is 1. The molecule has 1 atom stereocenters. The number of urea groups is 1. The van der Waals surface area contributed by atoms with Crippen LogP contribution in [0.25, 0.3) is 0 Å². The summed E-state index contributed by atoms with van der Waals surface area (Å²) in [5.41, 5.74) is 2.23. The average molecular weight is 344 g/mol. The molecule has 1 saturated heterocycles. The van der Waals surface area contributed by atoms with E-state index in [9.17, 15) is 9.18 Å². The van der Waals surface area contributed by atoms with Crippen LogP contribution in [-0.2, 0) is 6.54 Å². The molecule has 2 aromatic carbocycles. The molecule has 0 radical (unpaired) electrons. The SMILES string of the molecule is O=C(NCc1ccc(F)cc1)N1CCS[C@H](c2ccccc2)CC1. The Morgan fingerprint density at radius 2 is 1.88 bits per heavy atom. The highest BCUT2D eigenvalue weighted by Crippen LogP contribution is 2.34. The van der Waals surface area contributed by atoms with E-state index >= 15 is 0 Å². The van der Waals surface area contributed by atoms with E-state index in [0.717, 1.165) is 30.8 Å². The summed E-state index contributed by atoms with van der Waals surface area (Å²) in [4.78, 5) is 14.2. The van der Waals surface area contributed by atoms with E-state index in [1.165, 1.54) is 17.7 Å². The molecule has 0 unspecified atom stereocenters. The first-order chi connectivity index (χ1) is 11.7.